The quantitative estimate of drug-likeness (QED) is 0.680. The van der Waals surface area contributed by atoms with Crippen molar-refractivity contribution >= 4 is 5.97 Å². The van der Waals surface area contributed by atoms with E-state index in [0.29, 0.717) is 13.0 Å². The first kappa shape index (κ1) is 14.4. The first-order valence-corrected chi connectivity index (χ1v) is 5.31. The van der Waals surface area contributed by atoms with E-state index in [-0.39, 0.29) is 0 Å². The highest BCUT2D eigenvalue weighted by atomic mass is 16.5. The second-order valence-corrected chi connectivity index (χ2v) is 4.70. The lowest BCUT2D eigenvalue weighted by Gasteiger charge is -2.34. The fraction of sp³-hybridized carbons (Fsp3) is 0.909. The molecule has 0 saturated heterocycles. The van der Waals surface area contributed by atoms with E-state index in [1.54, 1.807) is 14.0 Å². The number of carboxylic acid groups (broad SMARTS) is 1. The van der Waals surface area contributed by atoms with E-state index in [2.05, 4.69) is 5.32 Å². The van der Waals surface area contributed by atoms with Crippen molar-refractivity contribution < 1.29 is 14.6 Å². The van der Waals surface area contributed by atoms with Crippen LogP contribution in [0.5, 0.6) is 0 Å². The van der Waals surface area contributed by atoms with Crippen LogP contribution in [0.4, 0.5) is 0 Å². The summed E-state index contributed by atoms with van der Waals surface area (Å²) in [7, 11) is 1.60. The van der Waals surface area contributed by atoms with Crippen molar-refractivity contribution in [1.29, 1.82) is 0 Å². The van der Waals surface area contributed by atoms with E-state index in [9.17, 15) is 9.90 Å². The van der Waals surface area contributed by atoms with Crippen LogP contribution in [0.2, 0.25) is 0 Å². The average Bonchev–Trinajstić information content (AvgIpc) is 2.14. The predicted molar refractivity (Wildman–Crippen MR) is 60.0 cm³/mol. The molecule has 0 saturated carbocycles. The minimum absolute atomic E-state index is 0.436. The van der Waals surface area contributed by atoms with Crippen molar-refractivity contribution in [3.05, 3.63) is 0 Å². The molecule has 0 fully saturated rings. The predicted octanol–water partition coefficient (Wildman–Crippen LogP) is 1.64. The summed E-state index contributed by atoms with van der Waals surface area (Å²) < 4.78 is 5.26. The van der Waals surface area contributed by atoms with Gasteiger partial charge in [-0.05, 0) is 33.7 Å². The zero-order valence-corrected chi connectivity index (χ0v) is 10.4. The Labute approximate surface area is 92.0 Å². The Kier molecular flexibility index (Phi) is 5.24. The fourth-order valence-corrected chi connectivity index (χ4v) is 1.54. The molecule has 0 aromatic heterocycles. The zero-order chi connectivity index (χ0) is 12.1. The Morgan fingerprint density at radius 3 is 2.27 bits per heavy atom. The molecule has 0 aromatic carbocycles. The molecule has 4 heteroatoms. The number of ether oxygens (including phenoxy) is 1. The number of rotatable bonds is 7. The molecule has 0 amide bonds. The second-order valence-electron chi connectivity index (χ2n) is 4.70. The second kappa shape index (κ2) is 5.47. The van der Waals surface area contributed by atoms with Crippen LogP contribution in [0.15, 0.2) is 0 Å². The largest absolute Gasteiger partial charge is 0.480 e. The number of carboxylic acids is 1. The van der Waals surface area contributed by atoms with Gasteiger partial charge in [0.25, 0.3) is 0 Å². The van der Waals surface area contributed by atoms with Crippen molar-refractivity contribution in [3.8, 4) is 0 Å². The normalized spacial score (nSPS) is 16.1. The SMILES string of the molecule is CCCNC(C)(CC(C)(C)OC)C(=O)O. The van der Waals surface area contributed by atoms with Crippen molar-refractivity contribution in [2.45, 2.75) is 51.7 Å². The van der Waals surface area contributed by atoms with Gasteiger partial charge in [0.15, 0.2) is 0 Å². The highest BCUT2D eigenvalue weighted by Crippen LogP contribution is 2.23. The summed E-state index contributed by atoms with van der Waals surface area (Å²) in [6.45, 7) is 8.19. The topological polar surface area (TPSA) is 58.6 Å². The molecule has 15 heavy (non-hydrogen) atoms. The maximum Gasteiger partial charge on any atom is 0.323 e. The van der Waals surface area contributed by atoms with Gasteiger partial charge in [-0.1, -0.05) is 6.92 Å². The highest BCUT2D eigenvalue weighted by molar-refractivity contribution is 5.78. The van der Waals surface area contributed by atoms with Gasteiger partial charge in [0.05, 0.1) is 5.60 Å². The maximum absolute atomic E-state index is 11.2. The Morgan fingerprint density at radius 1 is 1.40 bits per heavy atom. The lowest BCUT2D eigenvalue weighted by Crippen LogP contribution is -2.54. The highest BCUT2D eigenvalue weighted by Gasteiger charge is 2.38. The first-order chi connectivity index (χ1) is 6.77. The van der Waals surface area contributed by atoms with E-state index >= 15 is 0 Å². The molecule has 0 heterocycles. The Hall–Kier alpha value is -0.610. The Bertz CT molecular complexity index is 216. The first-order valence-electron chi connectivity index (χ1n) is 5.31. The van der Waals surface area contributed by atoms with E-state index in [1.807, 2.05) is 20.8 Å². The van der Waals surface area contributed by atoms with Gasteiger partial charge < -0.3 is 15.2 Å². The number of hydrogen-bond donors (Lipinski definition) is 2. The minimum atomic E-state index is -0.921. The van der Waals surface area contributed by atoms with Crippen LogP contribution in [0.1, 0.15) is 40.5 Å². The molecule has 0 aliphatic carbocycles. The summed E-state index contributed by atoms with van der Waals surface area (Å²) >= 11 is 0. The molecule has 0 aliphatic heterocycles. The molecular weight excluding hydrogens is 194 g/mol. The molecular formula is C11H23NO3. The average molecular weight is 217 g/mol. The van der Waals surface area contributed by atoms with Crippen LogP contribution in [-0.4, -0.2) is 35.9 Å². The molecule has 1 atom stereocenters. The van der Waals surface area contributed by atoms with Crippen LogP contribution < -0.4 is 5.32 Å². The lowest BCUT2D eigenvalue weighted by atomic mass is 9.87. The van der Waals surface area contributed by atoms with Crippen LogP contribution in [0.3, 0.4) is 0 Å². The van der Waals surface area contributed by atoms with Crippen LogP contribution in [0.25, 0.3) is 0 Å². The molecule has 90 valence electrons. The number of methoxy groups -OCH3 is 1. The molecule has 4 nitrogen and oxygen atoms in total. The molecule has 0 radical (unpaired) electrons. The van der Waals surface area contributed by atoms with E-state index < -0.39 is 17.1 Å². The van der Waals surface area contributed by atoms with E-state index in [0.717, 1.165) is 6.42 Å². The number of nitrogens with one attached hydrogen (secondary N) is 1. The monoisotopic (exact) mass is 217 g/mol. The van der Waals surface area contributed by atoms with Crippen molar-refractivity contribution in [2.75, 3.05) is 13.7 Å². The molecule has 1 unspecified atom stereocenters. The van der Waals surface area contributed by atoms with Gasteiger partial charge in [-0.3, -0.25) is 4.79 Å². The summed E-state index contributed by atoms with van der Waals surface area (Å²) in [5.74, 6) is -0.832. The molecule has 0 spiro atoms. The fourth-order valence-electron chi connectivity index (χ4n) is 1.54. The summed E-state index contributed by atoms with van der Waals surface area (Å²) in [4.78, 5) is 11.2. The van der Waals surface area contributed by atoms with Gasteiger partial charge in [-0.2, -0.15) is 0 Å². The maximum atomic E-state index is 11.2. The third-order valence-electron chi connectivity index (χ3n) is 2.57. The number of aliphatic carboxylic acids is 1. The van der Waals surface area contributed by atoms with Crippen LogP contribution >= 0.6 is 0 Å². The van der Waals surface area contributed by atoms with E-state index in [4.69, 9.17) is 4.74 Å². The van der Waals surface area contributed by atoms with Gasteiger partial charge in [0.1, 0.15) is 5.54 Å². The van der Waals surface area contributed by atoms with Crippen LogP contribution in [-0.2, 0) is 9.53 Å². The van der Waals surface area contributed by atoms with Gasteiger partial charge >= 0.3 is 5.97 Å². The summed E-state index contributed by atoms with van der Waals surface area (Å²) in [5, 5.41) is 12.3. The number of hydrogen-bond acceptors (Lipinski definition) is 3. The molecule has 0 aromatic rings. The molecule has 0 aliphatic rings. The standard InChI is InChI=1S/C11H23NO3/c1-6-7-12-11(4,9(13)14)8-10(2,3)15-5/h12H,6-8H2,1-5H3,(H,13,14). The summed E-state index contributed by atoms with van der Waals surface area (Å²) in [6, 6.07) is 0. The van der Waals surface area contributed by atoms with Crippen molar-refractivity contribution in [1.82, 2.24) is 5.32 Å². The van der Waals surface area contributed by atoms with Gasteiger partial charge in [-0.25, -0.2) is 0 Å². The Balaban J connectivity index is 4.58. The van der Waals surface area contributed by atoms with Gasteiger partial charge in [0, 0.05) is 13.5 Å². The third kappa shape index (κ3) is 4.62. The molecule has 0 rings (SSSR count). The third-order valence-corrected chi connectivity index (χ3v) is 2.57. The molecule has 2 N–H and O–H groups in total. The summed E-state index contributed by atoms with van der Waals surface area (Å²) in [6.07, 6.45) is 1.35. The summed E-state index contributed by atoms with van der Waals surface area (Å²) in [5.41, 5.74) is -1.36. The smallest absolute Gasteiger partial charge is 0.323 e. The number of carbonyl (C=O) groups is 1. The van der Waals surface area contributed by atoms with Crippen molar-refractivity contribution in [3.63, 3.8) is 0 Å². The van der Waals surface area contributed by atoms with E-state index in [1.165, 1.54) is 0 Å². The Morgan fingerprint density at radius 2 is 1.93 bits per heavy atom. The zero-order valence-electron chi connectivity index (χ0n) is 10.4. The lowest BCUT2D eigenvalue weighted by molar-refractivity contribution is -0.147. The van der Waals surface area contributed by atoms with Crippen LogP contribution in [0, 0.1) is 0 Å². The minimum Gasteiger partial charge on any atom is -0.480 e. The molecule has 0 bridgehead atoms. The van der Waals surface area contributed by atoms with Gasteiger partial charge in [-0.15, -0.1) is 0 Å². The van der Waals surface area contributed by atoms with Gasteiger partial charge in [0.2, 0.25) is 0 Å². The van der Waals surface area contributed by atoms with Crippen molar-refractivity contribution in [2.24, 2.45) is 0 Å².